The third kappa shape index (κ3) is 4.58. The summed E-state index contributed by atoms with van der Waals surface area (Å²) in [5.74, 6) is 0.710. The Morgan fingerprint density at radius 2 is 2.17 bits per heavy atom. The van der Waals surface area contributed by atoms with Gasteiger partial charge < -0.3 is 15.7 Å². The number of hydrogen-bond donors (Lipinski definition) is 2. The Morgan fingerprint density at radius 1 is 1.50 bits per heavy atom. The van der Waals surface area contributed by atoms with Crippen LogP contribution in [0.2, 0.25) is 0 Å². The zero-order valence-corrected chi connectivity index (χ0v) is 12.0. The number of nitrogens with two attached hydrogens (primary N) is 1. The lowest BCUT2D eigenvalue weighted by Gasteiger charge is -2.20. The lowest BCUT2D eigenvalue weighted by atomic mass is 9.95. The molecular formula is C14H28N2O2. The van der Waals surface area contributed by atoms with Gasteiger partial charge in [0.1, 0.15) is 5.54 Å². The molecule has 1 heterocycles. The second-order valence-corrected chi connectivity index (χ2v) is 6.27. The molecule has 0 radical (unpaired) electrons. The second kappa shape index (κ2) is 6.53. The summed E-state index contributed by atoms with van der Waals surface area (Å²) in [4.78, 5) is 13.4. The quantitative estimate of drug-likeness (QED) is 0.683. The summed E-state index contributed by atoms with van der Waals surface area (Å²) in [7, 11) is 0. The number of rotatable bonds is 7. The Bertz CT molecular complexity index is 277. The van der Waals surface area contributed by atoms with Gasteiger partial charge in [0, 0.05) is 6.54 Å². The molecule has 0 aromatic heterocycles. The van der Waals surface area contributed by atoms with Crippen LogP contribution in [0.15, 0.2) is 0 Å². The summed E-state index contributed by atoms with van der Waals surface area (Å²) in [6.45, 7) is 9.67. The van der Waals surface area contributed by atoms with Gasteiger partial charge in [-0.1, -0.05) is 13.8 Å². The van der Waals surface area contributed by atoms with Crippen LogP contribution in [-0.4, -0.2) is 41.1 Å². The van der Waals surface area contributed by atoms with E-state index in [1.807, 2.05) is 0 Å². The molecule has 1 aliphatic rings. The van der Waals surface area contributed by atoms with E-state index in [0.717, 1.165) is 31.2 Å². The summed E-state index contributed by atoms with van der Waals surface area (Å²) in [5, 5.41) is 8.91. The number of aliphatic carboxylic acids is 1. The molecule has 0 aromatic rings. The fraction of sp³-hybridized carbons (Fsp3) is 0.929. The first-order chi connectivity index (χ1) is 8.33. The fourth-order valence-corrected chi connectivity index (χ4v) is 2.54. The van der Waals surface area contributed by atoms with Crippen molar-refractivity contribution in [2.45, 2.75) is 52.0 Å². The molecule has 2 atom stereocenters. The highest BCUT2D eigenvalue weighted by molar-refractivity contribution is 5.77. The molecule has 0 spiro atoms. The van der Waals surface area contributed by atoms with Crippen molar-refractivity contribution < 1.29 is 9.90 Å². The average molecular weight is 256 g/mol. The molecule has 3 N–H and O–H groups in total. The van der Waals surface area contributed by atoms with Crippen molar-refractivity contribution in [3.63, 3.8) is 0 Å². The first-order valence-electron chi connectivity index (χ1n) is 7.07. The van der Waals surface area contributed by atoms with Crippen LogP contribution in [0.5, 0.6) is 0 Å². The maximum Gasteiger partial charge on any atom is 0.323 e. The number of carbonyl (C=O) groups is 1. The van der Waals surface area contributed by atoms with Crippen molar-refractivity contribution in [2.75, 3.05) is 19.6 Å². The molecule has 1 rings (SSSR count). The molecule has 106 valence electrons. The van der Waals surface area contributed by atoms with Gasteiger partial charge in [-0.2, -0.15) is 0 Å². The number of nitrogens with zero attached hydrogens (tertiary/aromatic N) is 1. The smallest absolute Gasteiger partial charge is 0.323 e. The Morgan fingerprint density at radius 3 is 2.67 bits per heavy atom. The predicted molar refractivity (Wildman–Crippen MR) is 73.5 cm³/mol. The maximum atomic E-state index is 10.9. The number of likely N-dealkylation sites (tertiary alicyclic amines) is 1. The van der Waals surface area contributed by atoms with Gasteiger partial charge in [-0.05, 0) is 57.5 Å². The number of hydrogen-bond acceptors (Lipinski definition) is 3. The van der Waals surface area contributed by atoms with E-state index in [9.17, 15) is 4.79 Å². The maximum absolute atomic E-state index is 10.9. The van der Waals surface area contributed by atoms with E-state index in [4.69, 9.17) is 10.8 Å². The predicted octanol–water partition coefficient (Wildman–Crippen LogP) is 1.94. The van der Waals surface area contributed by atoms with Crippen LogP contribution in [0.1, 0.15) is 46.5 Å². The second-order valence-electron chi connectivity index (χ2n) is 6.27. The van der Waals surface area contributed by atoms with Gasteiger partial charge >= 0.3 is 5.97 Å². The van der Waals surface area contributed by atoms with E-state index < -0.39 is 11.5 Å². The molecule has 1 saturated heterocycles. The molecule has 0 saturated carbocycles. The molecule has 1 fully saturated rings. The topological polar surface area (TPSA) is 66.6 Å². The van der Waals surface area contributed by atoms with E-state index in [2.05, 4.69) is 18.7 Å². The summed E-state index contributed by atoms with van der Waals surface area (Å²) >= 11 is 0. The van der Waals surface area contributed by atoms with Crippen LogP contribution in [0, 0.1) is 11.8 Å². The normalized spacial score (nSPS) is 24.4. The van der Waals surface area contributed by atoms with Gasteiger partial charge in [0.2, 0.25) is 0 Å². The van der Waals surface area contributed by atoms with Crippen LogP contribution < -0.4 is 5.73 Å². The van der Waals surface area contributed by atoms with Gasteiger partial charge in [-0.3, -0.25) is 4.79 Å². The van der Waals surface area contributed by atoms with Crippen molar-refractivity contribution in [1.82, 2.24) is 4.90 Å². The SMILES string of the molecule is CC(C)C1CCN(CCCCC(C)(N)C(=O)O)C1. The Labute approximate surface area is 111 Å². The summed E-state index contributed by atoms with van der Waals surface area (Å²) < 4.78 is 0. The third-order valence-corrected chi connectivity index (χ3v) is 4.16. The fourth-order valence-electron chi connectivity index (χ4n) is 2.54. The van der Waals surface area contributed by atoms with E-state index in [1.165, 1.54) is 19.5 Å². The highest BCUT2D eigenvalue weighted by Gasteiger charge is 2.27. The van der Waals surface area contributed by atoms with Crippen LogP contribution in [0.25, 0.3) is 0 Å². The molecule has 4 nitrogen and oxygen atoms in total. The van der Waals surface area contributed by atoms with Gasteiger partial charge in [-0.25, -0.2) is 0 Å². The monoisotopic (exact) mass is 256 g/mol. The number of carboxylic acid groups (broad SMARTS) is 1. The molecule has 0 amide bonds. The van der Waals surface area contributed by atoms with Crippen LogP contribution in [-0.2, 0) is 4.79 Å². The average Bonchev–Trinajstić information content (AvgIpc) is 2.73. The van der Waals surface area contributed by atoms with Crippen LogP contribution in [0.3, 0.4) is 0 Å². The molecule has 18 heavy (non-hydrogen) atoms. The summed E-state index contributed by atoms with van der Waals surface area (Å²) in [6.07, 6.45) is 3.80. The minimum Gasteiger partial charge on any atom is -0.480 e. The molecule has 0 bridgehead atoms. The van der Waals surface area contributed by atoms with Crippen molar-refractivity contribution in [3.8, 4) is 0 Å². The van der Waals surface area contributed by atoms with Crippen molar-refractivity contribution in [3.05, 3.63) is 0 Å². The highest BCUT2D eigenvalue weighted by Crippen LogP contribution is 2.24. The van der Waals surface area contributed by atoms with E-state index in [0.29, 0.717) is 6.42 Å². The van der Waals surface area contributed by atoms with Crippen molar-refractivity contribution >= 4 is 5.97 Å². The largest absolute Gasteiger partial charge is 0.480 e. The van der Waals surface area contributed by atoms with Crippen molar-refractivity contribution in [1.29, 1.82) is 0 Å². The Balaban J connectivity index is 2.14. The number of carboxylic acids is 1. The van der Waals surface area contributed by atoms with E-state index in [-0.39, 0.29) is 0 Å². The molecule has 0 aliphatic carbocycles. The summed E-state index contributed by atoms with van der Waals surface area (Å²) in [5.41, 5.74) is 4.64. The first kappa shape index (κ1) is 15.4. The Hall–Kier alpha value is -0.610. The Kier molecular flexibility index (Phi) is 5.60. The molecular weight excluding hydrogens is 228 g/mol. The van der Waals surface area contributed by atoms with Crippen LogP contribution in [0.4, 0.5) is 0 Å². The first-order valence-corrected chi connectivity index (χ1v) is 7.07. The third-order valence-electron chi connectivity index (χ3n) is 4.16. The van der Waals surface area contributed by atoms with Gasteiger partial charge in [-0.15, -0.1) is 0 Å². The molecule has 4 heteroatoms. The lowest BCUT2D eigenvalue weighted by molar-refractivity contribution is -0.142. The van der Waals surface area contributed by atoms with Gasteiger partial charge in [0.15, 0.2) is 0 Å². The molecule has 1 aliphatic heterocycles. The van der Waals surface area contributed by atoms with E-state index in [1.54, 1.807) is 6.92 Å². The highest BCUT2D eigenvalue weighted by atomic mass is 16.4. The zero-order chi connectivity index (χ0) is 13.8. The summed E-state index contributed by atoms with van der Waals surface area (Å²) in [6, 6.07) is 0. The van der Waals surface area contributed by atoms with E-state index >= 15 is 0 Å². The van der Waals surface area contributed by atoms with Gasteiger partial charge in [0.05, 0.1) is 0 Å². The number of unbranched alkanes of at least 4 members (excludes halogenated alkanes) is 1. The van der Waals surface area contributed by atoms with Gasteiger partial charge in [0.25, 0.3) is 0 Å². The minimum atomic E-state index is -1.06. The van der Waals surface area contributed by atoms with Crippen molar-refractivity contribution in [2.24, 2.45) is 17.6 Å². The minimum absolute atomic E-state index is 0.559. The standard InChI is InChI=1S/C14H28N2O2/c1-11(2)12-6-9-16(10-12)8-5-4-7-14(3,15)13(17)18/h11-12H,4-10,15H2,1-3H3,(H,17,18). The molecule has 2 unspecified atom stereocenters. The lowest BCUT2D eigenvalue weighted by Crippen LogP contribution is -2.44. The molecule has 0 aromatic carbocycles. The van der Waals surface area contributed by atoms with Crippen LogP contribution >= 0.6 is 0 Å². The zero-order valence-electron chi connectivity index (χ0n) is 12.0.